The maximum atomic E-state index is 13.0. The molecule has 0 bridgehead atoms. The molecule has 3 aromatic heterocycles. The normalized spacial score (nSPS) is 20.8. The number of aromatic nitrogens is 4. The highest BCUT2D eigenvalue weighted by Gasteiger charge is 2.36. The van der Waals surface area contributed by atoms with Gasteiger partial charge in [0.15, 0.2) is 10.8 Å². The number of pyridine rings is 2. The Kier molecular flexibility index (Phi) is 7.80. The van der Waals surface area contributed by atoms with Crippen molar-refractivity contribution in [3.63, 3.8) is 0 Å². The Morgan fingerprint density at radius 2 is 2.02 bits per heavy atom. The van der Waals surface area contributed by atoms with Crippen molar-refractivity contribution < 1.29 is 23.4 Å². The van der Waals surface area contributed by atoms with Crippen LogP contribution in [0, 0.1) is 11.3 Å². The predicted molar refractivity (Wildman–Crippen MR) is 165 cm³/mol. The van der Waals surface area contributed by atoms with Gasteiger partial charge in [-0.15, -0.1) is 5.10 Å². The van der Waals surface area contributed by atoms with Crippen molar-refractivity contribution in [2.75, 3.05) is 25.0 Å². The van der Waals surface area contributed by atoms with E-state index in [1.165, 1.54) is 35.1 Å². The summed E-state index contributed by atoms with van der Waals surface area (Å²) in [4.78, 5) is 21.3. The zero-order valence-electron chi connectivity index (χ0n) is 28.5. The van der Waals surface area contributed by atoms with Crippen molar-refractivity contribution in [1.82, 2.24) is 29.8 Å². The molecule has 1 saturated carbocycles. The summed E-state index contributed by atoms with van der Waals surface area (Å²) in [6.45, 7) is 7.18. The Bertz CT molecular complexity index is 1730. The van der Waals surface area contributed by atoms with E-state index in [2.05, 4.69) is 39.5 Å². The van der Waals surface area contributed by atoms with Crippen LogP contribution in [-0.4, -0.2) is 59.3 Å². The monoisotopic (exact) mass is 633 g/mol. The number of ether oxygens (including phenoxy) is 1. The van der Waals surface area contributed by atoms with Gasteiger partial charge in [0.05, 0.1) is 12.2 Å². The van der Waals surface area contributed by atoms with Crippen molar-refractivity contribution in [3.8, 4) is 11.7 Å². The summed E-state index contributed by atoms with van der Waals surface area (Å²) in [5.41, 5.74) is -0.758. The SMILES string of the molecule is [2H]C([2H])(COc1ccn(-c2ccc(C(=O)NS(=O)(=O)c3cccc(NCCC[C@@H]4CNC(C)(C)C4)n3)c(Cl)n2)n1)C([2H])([2H])C1(C)CC1. The zero-order chi connectivity index (χ0) is 34.3. The van der Waals surface area contributed by atoms with E-state index in [0.717, 1.165) is 25.8 Å². The van der Waals surface area contributed by atoms with E-state index in [0.29, 0.717) is 31.1 Å². The molecule has 2 fully saturated rings. The van der Waals surface area contributed by atoms with E-state index < -0.39 is 40.7 Å². The number of nitrogens with zero attached hydrogens (tertiary/aromatic N) is 4. The van der Waals surface area contributed by atoms with Gasteiger partial charge in [-0.25, -0.2) is 19.4 Å². The number of sulfonamides is 1. The second kappa shape index (κ2) is 12.8. The highest BCUT2D eigenvalue weighted by molar-refractivity contribution is 7.90. The molecule has 2 aliphatic rings. The van der Waals surface area contributed by atoms with Crippen LogP contribution < -0.4 is 20.1 Å². The fourth-order valence-corrected chi connectivity index (χ4v) is 6.07. The molecule has 43 heavy (non-hydrogen) atoms. The molecule has 1 aliphatic carbocycles. The maximum absolute atomic E-state index is 13.0. The van der Waals surface area contributed by atoms with E-state index >= 15 is 0 Å². The smallest absolute Gasteiger partial charge is 0.281 e. The van der Waals surface area contributed by atoms with E-state index in [9.17, 15) is 13.2 Å². The second-order valence-electron chi connectivity index (χ2n) is 12.0. The van der Waals surface area contributed by atoms with Crippen LogP contribution in [-0.2, 0) is 10.0 Å². The lowest BCUT2D eigenvalue weighted by Gasteiger charge is -2.17. The fourth-order valence-electron chi connectivity index (χ4n) is 4.90. The molecular weight excluding hydrogens is 590 g/mol. The van der Waals surface area contributed by atoms with Crippen LogP contribution in [0.1, 0.15) is 81.5 Å². The van der Waals surface area contributed by atoms with Gasteiger partial charge in [0.25, 0.3) is 15.9 Å². The first-order valence-corrected chi connectivity index (χ1v) is 16.2. The third-order valence-corrected chi connectivity index (χ3v) is 9.07. The average molecular weight is 634 g/mol. The minimum atomic E-state index is -4.33. The van der Waals surface area contributed by atoms with Crippen LogP contribution in [0.2, 0.25) is 5.15 Å². The average Bonchev–Trinajstić information content (AvgIpc) is 3.42. The van der Waals surface area contributed by atoms with Crippen molar-refractivity contribution in [3.05, 3.63) is 53.3 Å². The van der Waals surface area contributed by atoms with E-state index in [4.69, 9.17) is 21.8 Å². The molecule has 1 amide bonds. The van der Waals surface area contributed by atoms with Crippen LogP contribution in [0.15, 0.2) is 47.6 Å². The number of hydrogen-bond donors (Lipinski definition) is 3. The molecule has 1 saturated heterocycles. The minimum Gasteiger partial charge on any atom is -0.477 e. The Hall–Kier alpha value is -3.22. The molecule has 3 N–H and O–H groups in total. The molecule has 1 aliphatic heterocycles. The highest BCUT2D eigenvalue weighted by Crippen LogP contribution is 2.48. The molecular formula is C30H40ClN7O4S. The summed E-state index contributed by atoms with van der Waals surface area (Å²) in [6.07, 6.45) is 1.42. The van der Waals surface area contributed by atoms with Gasteiger partial charge < -0.3 is 15.4 Å². The Labute approximate surface area is 263 Å². The van der Waals surface area contributed by atoms with Crippen molar-refractivity contribution in [1.29, 1.82) is 0 Å². The van der Waals surface area contributed by atoms with Crippen molar-refractivity contribution in [2.24, 2.45) is 11.3 Å². The third kappa shape index (κ3) is 8.45. The van der Waals surface area contributed by atoms with E-state index in [1.54, 1.807) is 19.1 Å². The largest absolute Gasteiger partial charge is 0.477 e. The summed E-state index contributed by atoms with van der Waals surface area (Å²) in [5, 5.41) is 10.3. The number of nitrogens with one attached hydrogen (secondary N) is 3. The molecule has 13 heteroatoms. The lowest BCUT2D eigenvalue weighted by molar-refractivity contribution is 0.0981. The van der Waals surface area contributed by atoms with Gasteiger partial charge in [-0.2, -0.15) is 8.42 Å². The topological polar surface area (TPSA) is 140 Å². The molecule has 4 heterocycles. The summed E-state index contributed by atoms with van der Waals surface area (Å²) in [6, 6.07) is 8.65. The molecule has 5 rings (SSSR count). The van der Waals surface area contributed by atoms with Gasteiger partial charge in [0, 0.05) is 29.8 Å². The molecule has 3 aromatic rings. The van der Waals surface area contributed by atoms with Crippen molar-refractivity contribution >= 4 is 33.3 Å². The third-order valence-electron chi connectivity index (χ3n) is 7.55. The molecule has 0 radical (unpaired) electrons. The lowest BCUT2D eigenvalue weighted by atomic mass is 9.94. The van der Waals surface area contributed by atoms with Gasteiger partial charge in [-0.05, 0) is 101 Å². The molecule has 232 valence electrons. The first-order valence-electron chi connectivity index (χ1n) is 16.3. The number of carbonyl (C=O) groups excluding carboxylic acids is 1. The van der Waals surface area contributed by atoms with Gasteiger partial charge in [-0.3, -0.25) is 4.79 Å². The Morgan fingerprint density at radius 1 is 1.21 bits per heavy atom. The van der Waals surface area contributed by atoms with Gasteiger partial charge >= 0.3 is 0 Å². The standard InChI is InChI=1S/C30H40ClN7O4S/c1-29(2)19-21(20-33-29)7-5-16-32-23-8-4-9-26(34-23)43(40,41)37-28(39)22-10-11-24(35-27(22)31)38-17-12-25(36-38)42-18-6-13-30(3)14-15-30/h4,8-12,17,21,33H,5-7,13-16,18-20H2,1-3H3,(H,32,34)(H,37,39)/t21-/m0/s1/i6D2,13D2. The first kappa shape index (κ1) is 26.2. The highest BCUT2D eigenvalue weighted by atomic mass is 35.5. The molecule has 0 aromatic carbocycles. The molecule has 11 nitrogen and oxygen atoms in total. The van der Waals surface area contributed by atoms with Crippen LogP contribution >= 0.6 is 11.6 Å². The first-order chi connectivity index (χ1) is 21.9. The lowest BCUT2D eigenvalue weighted by Crippen LogP contribution is -2.31. The van der Waals surface area contributed by atoms with E-state index in [1.807, 2.05) is 4.72 Å². The number of rotatable bonds is 14. The summed E-state index contributed by atoms with van der Waals surface area (Å²) in [5.74, 6) is 0.206. The summed E-state index contributed by atoms with van der Waals surface area (Å²) < 4.78 is 67.9. The summed E-state index contributed by atoms with van der Waals surface area (Å²) in [7, 11) is -4.33. The zero-order valence-corrected chi connectivity index (χ0v) is 26.1. The number of anilines is 1. The molecule has 0 spiro atoms. The predicted octanol–water partition coefficient (Wildman–Crippen LogP) is 4.97. The van der Waals surface area contributed by atoms with Crippen molar-refractivity contribution in [2.45, 2.75) is 76.2 Å². The van der Waals surface area contributed by atoms with E-state index in [-0.39, 0.29) is 33.0 Å². The fraction of sp³-hybridized carbons (Fsp3) is 0.533. The maximum Gasteiger partial charge on any atom is 0.281 e. The molecule has 1 atom stereocenters. The quantitative estimate of drug-likeness (QED) is 0.166. The Balaban J connectivity index is 1.16. The number of carbonyl (C=O) groups is 1. The van der Waals surface area contributed by atoms with Crippen LogP contribution in [0.5, 0.6) is 5.88 Å². The number of amides is 1. The van der Waals surface area contributed by atoms with Gasteiger partial charge in [-0.1, -0.05) is 24.6 Å². The summed E-state index contributed by atoms with van der Waals surface area (Å²) >= 11 is 6.27. The van der Waals surface area contributed by atoms with Crippen LogP contribution in [0.3, 0.4) is 0 Å². The number of halogens is 1. The minimum absolute atomic E-state index is 0.0378. The molecule has 0 unspecified atom stereocenters. The second-order valence-corrected chi connectivity index (χ2v) is 13.9. The van der Waals surface area contributed by atoms with Gasteiger partial charge in [0.1, 0.15) is 11.0 Å². The Morgan fingerprint density at radius 3 is 2.74 bits per heavy atom. The number of hydrogen-bond acceptors (Lipinski definition) is 9. The van der Waals surface area contributed by atoms with Crippen LogP contribution in [0.4, 0.5) is 5.82 Å². The van der Waals surface area contributed by atoms with Gasteiger partial charge in [0.2, 0.25) is 5.88 Å². The van der Waals surface area contributed by atoms with Crippen LogP contribution in [0.25, 0.3) is 5.82 Å².